The molecule has 0 spiro atoms. The van der Waals surface area contributed by atoms with Gasteiger partial charge in [0.1, 0.15) is 11.6 Å². The quantitative estimate of drug-likeness (QED) is 0.416. The van der Waals surface area contributed by atoms with Gasteiger partial charge in [0, 0.05) is 32.4 Å². The third-order valence-corrected chi connectivity index (χ3v) is 4.10. The first-order chi connectivity index (χ1) is 11.3. The molecule has 6 nitrogen and oxygen atoms in total. The summed E-state index contributed by atoms with van der Waals surface area (Å²) in [5.74, 6) is 2.48. The lowest BCUT2D eigenvalue weighted by molar-refractivity contribution is 0.500. The van der Waals surface area contributed by atoms with Gasteiger partial charge in [-0.15, -0.1) is 24.0 Å². The van der Waals surface area contributed by atoms with Crippen LogP contribution < -0.4 is 15.5 Å². The Kier molecular flexibility index (Phi) is 7.16. The highest BCUT2D eigenvalue weighted by Crippen LogP contribution is 2.25. The minimum atomic E-state index is 0. The highest BCUT2D eigenvalue weighted by atomic mass is 127. The van der Waals surface area contributed by atoms with Crippen molar-refractivity contribution in [3.8, 4) is 0 Å². The van der Waals surface area contributed by atoms with Crippen LogP contribution >= 0.6 is 35.6 Å². The molecule has 8 heteroatoms. The molecule has 2 N–H and O–H groups in total. The Balaban J connectivity index is 0.00000208. The number of guanidine groups is 1. The highest BCUT2D eigenvalue weighted by molar-refractivity contribution is 14.0. The molecule has 2 aromatic rings. The number of aliphatic imine (C=N–C) groups is 1. The maximum Gasteiger partial charge on any atom is 0.191 e. The molecule has 0 aliphatic carbocycles. The number of rotatable bonds is 4. The first-order valence-corrected chi connectivity index (χ1v) is 7.99. The van der Waals surface area contributed by atoms with Crippen molar-refractivity contribution in [2.45, 2.75) is 19.0 Å². The van der Waals surface area contributed by atoms with Crippen molar-refractivity contribution < 1.29 is 4.42 Å². The van der Waals surface area contributed by atoms with Crippen molar-refractivity contribution in [2.75, 3.05) is 25.0 Å². The molecule has 0 saturated carbocycles. The molecule has 3 rings (SSSR count). The Bertz CT molecular complexity index is 664. The maximum absolute atomic E-state index is 6.22. The van der Waals surface area contributed by atoms with Crippen molar-refractivity contribution in [3.05, 3.63) is 47.5 Å². The second-order valence-electron chi connectivity index (χ2n) is 5.39. The Hall–Kier alpha value is -1.48. The second-order valence-corrected chi connectivity index (χ2v) is 5.80. The van der Waals surface area contributed by atoms with Gasteiger partial charge < -0.3 is 20.0 Å². The largest absolute Gasteiger partial charge is 0.467 e. The van der Waals surface area contributed by atoms with Crippen LogP contribution in [0.25, 0.3) is 0 Å². The van der Waals surface area contributed by atoms with Crippen LogP contribution in [0.1, 0.15) is 12.2 Å². The van der Waals surface area contributed by atoms with Crippen molar-refractivity contribution in [3.63, 3.8) is 0 Å². The molecule has 130 valence electrons. The summed E-state index contributed by atoms with van der Waals surface area (Å²) in [4.78, 5) is 10.8. The van der Waals surface area contributed by atoms with Gasteiger partial charge in [0.2, 0.25) is 0 Å². The molecule has 1 fully saturated rings. The van der Waals surface area contributed by atoms with E-state index in [2.05, 4.69) is 25.5 Å². The minimum Gasteiger partial charge on any atom is -0.467 e. The smallest absolute Gasteiger partial charge is 0.191 e. The average molecular weight is 462 g/mol. The standard InChI is InChI=1S/C16H20ClN5O.HI/c1-18-16(20-10-13-4-3-9-23-13)21-12-6-8-22(11-12)15-14(17)5-2-7-19-15;/h2-5,7,9,12H,6,8,10-11H2,1H3,(H2,18,20,21);1H. The van der Waals surface area contributed by atoms with Crippen molar-refractivity contribution in [1.82, 2.24) is 15.6 Å². The summed E-state index contributed by atoms with van der Waals surface area (Å²) in [5.41, 5.74) is 0. The normalized spacial score (nSPS) is 17.5. The van der Waals surface area contributed by atoms with Crippen molar-refractivity contribution in [2.24, 2.45) is 4.99 Å². The fourth-order valence-corrected chi connectivity index (χ4v) is 2.89. The zero-order valence-electron chi connectivity index (χ0n) is 13.4. The summed E-state index contributed by atoms with van der Waals surface area (Å²) in [7, 11) is 1.76. The average Bonchev–Trinajstić information content (AvgIpc) is 3.23. The highest BCUT2D eigenvalue weighted by Gasteiger charge is 2.25. The summed E-state index contributed by atoms with van der Waals surface area (Å²) < 4.78 is 5.31. The number of hydrogen-bond donors (Lipinski definition) is 2. The lowest BCUT2D eigenvalue weighted by atomic mass is 10.3. The number of nitrogens with zero attached hydrogens (tertiary/aromatic N) is 3. The van der Waals surface area contributed by atoms with Crippen LogP contribution in [0.4, 0.5) is 5.82 Å². The zero-order valence-corrected chi connectivity index (χ0v) is 16.5. The first-order valence-electron chi connectivity index (χ1n) is 7.61. The van der Waals surface area contributed by atoms with E-state index in [4.69, 9.17) is 16.0 Å². The summed E-state index contributed by atoms with van der Waals surface area (Å²) in [6, 6.07) is 7.82. The molecular weight excluding hydrogens is 441 g/mol. The van der Waals surface area contributed by atoms with E-state index in [9.17, 15) is 0 Å². The fourth-order valence-electron chi connectivity index (χ4n) is 2.65. The van der Waals surface area contributed by atoms with E-state index in [1.54, 1.807) is 19.5 Å². The third-order valence-electron chi connectivity index (χ3n) is 3.80. The van der Waals surface area contributed by atoms with E-state index in [0.717, 1.165) is 37.0 Å². The van der Waals surface area contributed by atoms with Crippen LogP contribution in [0, 0.1) is 0 Å². The van der Waals surface area contributed by atoms with Crippen LogP contribution in [0.3, 0.4) is 0 Å². The molecule has 1 unspecified atom stereocenters. The van der Waals surface area contributed by atoms with Gasteiger partial charge in [-0.25, -0.2) is 4.98 Å². The lowest BCUT2D eigenvalue weighted by Crippen LogP contribution is -2.44. The molecule has 1 aliphatic rings. The Morgan fingerprint density at radius 1 is 1.46 bits per heavy atom. The topological polar surface area (TPSA) is 65.7 Å². The molecule has 0 amide bonds. The van der Waals surface area contributed by atoms with Gasteiger partial charge in [0.15, 0.2) is 5.96 Å². The predicted octanol–water partition coefficient (Wildman–Crippen LogP) is 2.89. The van der Waals surface area contributed by atoms with Gasteiger partial charge in [-0.3, -0.25) is 4.99 Å². The van der Waals surface area contributed by atoms with Crippen molar-refractivity contribution in [1.29, 1.82) is 0 Å². The second kappa shape index (κ2) is 9.12. The Morgan fingerprint density at radius 3 is 3.04 bits per heavy atom. The SMILES string of the molecule is CN=C(NCc1ccco1)NC1CCN(c2ncccc2Cl)C1.I. The van der Waals surface area contributed by atoms with E-state index < -0.39 is 0 Å². The van der Waals surface area contributed by atoms with E-state index in [-0.39, 0.29) is 24.0 Å². The van der Waals surface area contributed by atoms with E-state index in [1.165, 1.54) is 0 Å². The summed E-state index contributed by atoms with van der Waals surface area (Å²) in [5, 5.41) is 7.37. The van der Waals surface area contributed by atoms with Crippen molar-refractivity contribution >= 4 is 47.4 Å². The van der Waals surface area contributed by atoms with Crippen LogP contribution in [0.5, 0.6) is 0 Å². The number of halogens is 2. The number of aromatic nitrogens is 1. The van der Waals surface area contributed by atoms with Gasteiger partial charge in [-0.1, -0.05) is 11.6 Å². The Morgan fingerprint density at radius 2 is 2.33 bits per heavy atom. The Labute approximate surface area is 163 Å². The third kappa shape index (κ3) is 4.76. The summed E-state index contributed by atoms with van der Waals surface area (Å²) in [6.45, 7) is 2.37. The van der Waals surface area contributed by atoms with Crippen LogP contribution in [0.15, 0.2) is 46.1 Å². The first kappa shape index (κ1) is 18.9. The number of furan rings is 1. The molecule has 1 aliphatic heterocycles. The summed E-state index contributed by atoms with van der Waals surface area (Å²) in [6.07, 6.45) is 4.44. The number of anilines is 1. The monoisotopic (exact) mass is 461 g/mol. The number of pyridine rings is 1. The number of hydrogen-bond acceptors (Lipinski definition) is 4. The predicted molar refractivity (Wildman–Crippen MR) is 107 cm³/mol. The molecule has 0 radical (unpaired) electrons. The lowest BCUT2D eigenvalue weighted by Gasteiger charge is -2.20. The van der Waals surface area contributed by atoms with Gasteiger partial charge >= 0.3 is 0 Å². The number of nitrogens with one attached hydrogen (secondary N) is 2. The molecule has 24 heavy (non-hydrogen) atoms. The molecule has 1 atom stereocenters. The minimum absolute atomic E-state index is 0. The van der Waals surface area contributed by atoms with Gasteiger partial charge in [0.05, 0.1) is 17.8 Å². The van der Waals surface area contributed by atoms with Crippen LogP contribution in [-0.2, 0) is 6.54 Å². The molecule has 0 aromatic carbocycles. The zero-order chi connectivity index (χ0) is 16.1. The summed E-state index contributed by atoms with van der Waals surface area (Å²) >= 11 is 6.22. The van der Waals surface area contributed by atoms with Crippen LogP contribution in [-0.4, -0.2) is 37.1 Å². The molecular formula is C16H21ClIN5O. The van der Waals surface area contributed by atoms with Gasteiger partial charge in [-0.05, 0) is 30.7 Å². The molecule has 1 saturated heterocycles. The molecule has 0 bridgehead atoms. The van der Waals surface area contributed by atoms with Gasteiger partial charge in [-0.2, -0.15) is 0 Å². The van der Waals surface area contributed by atoms with E-state index in [0.29, 0.717) is 17.6 Å². The van der Waals surface area contributed by atoms with E-state index in [1.807, 2.05) is 24.3 Å². The maximum atomic E-state index is 6.22. The molecule has 2 aromatic heterocycles. The van der Waals surface area contributed by atoms with E-state index >= 15 is 0 Å². The fraction of sp³-hybridized carbons (Fsp3) is 0.375. The molecule has 3 heterocycles. The van der Waals surface area contributed by atoms with Gasteiger partial charge in [0.25, 0.3) is 0 Å². The van der Waals surface area contributed by atoms with Crippen LogP contribution in [0.2, 0.25) is 5.02 Å².